The normalized spacial score (nSPS) is 17.0. The third kappa shape index (κ3) is 4.37. The van der Waals surface area contributed by atoms with Crippen molar-refractivity contribution >= 4 is 21.6 Å². The molecule has 0 unspecified atom stereocenters. The van der Waals surface area contributed by atoms with E-state index in [0.29, 0.717) is 28.7 Å². The van der Waals surface area contributed by atoms with Crippen molar-refractivity contribution in [1.82, 2.24) is 4.72 Å². The first-order chi connectivity index (χ1) is 11.0. The van der Waals surface area contributed by atoms with Crippen LogP contribution in [0.15, 0.2) is 48.5 Å². The van der Waals surface area contributed by atoms with Crippen LogP contribution in [0.1, 0.15) is 5.56 Å². The molecule has 0 radical (unpaired) electrons. The summed E-state index contributed by atoms with van der Waals surface area (Å²) in [6.45, 7) is 0.463. The van der Waals surface area contributed by atoms with Crippen LogP contribution in [-0.4, -0.2) is 27.7 Å². The zero-order chi connectivity index (χ0) is 16.3. The van der Waals surface area contributed by atoms with Gasteiger partial charge in [0.2, 0.25) is 10.0 Å². The van der Waals surface area contributed by atoms with E-state index in [9.17, 15) is 8.42 Å². The minimum Gasteiger partial charge on any atom is -0.486 e. The quantitative estimate of drug-likeness (QED) is 0.897. The topological polar surface area (TPSA) is 64.6 Å². The predicted molar refractivity (Wildman–Crippen MR) is 88.4 cm³/mol. The maximum Gasteiger partial charge on any atom is 0.215 e. The highest BCUT2D eigenvalue weighted by atomic mass is 35.5. The minimum atomic E-state index is -3.45. The molecule has 1 aliphatic rings. The zero-order valence-electron chi connectivity index (χ0n) is 12.2. The van der Waals surface area contributed by atoms with Gasteiger partial charge in [0, 0.05) is 5.02 Å². The van der Waals surface area contributed by atoms with Gasteiger partial charge in [0.15, 0.2) is 11.5 Å². The Labute approximate surface area is 140 Å². The number of nitrogens with one attached hydrogen (secondary N) is 1. The number of hydrogen-bond donors (Lipinski definition) is 1. The molecule has 122 valence electrons. The summed E-state index contributed by atoms with van der Waals surface area (Å²) in [5, 5.41) is 0.575. The monoisotopic (exact) mass is 353 g/mol. The molecule has 0 amide bonds. The maximum absolute atomic E-state index is 12.1. The lowest BCUT2D eigenvalue weighted by Crippen LogP contribution is -2.41. The second-order valence-corrected chi connectivity index (χ2v) is 7.47. The summed E-state index contributed by atoms with van der Waals surface area (Å²) in [7, 11) is -3.45. The van der Waals surface area contributed by atoms with Crippen LogP contribution in [0, 0.1) is 0 Å². The van der Waals surface area contributed by atoms with Crippen LogP contribution < -0.4 is 14.2 Å². The van der Waals surface area contributed by atoms with Crippen LogP contribution in [-0.2, 0) is 15.8 Å². The van der Waals surface area contributed by atoms with E-state index in [1.165, 1.54) is 0 Å². The van der Waals surface area contributed by atoms with Crippen molar-refractivity contribution in [3.05, 3.63) is 59.1 Å². The number of hydrogen-bond acceptors (Lipinski definition) is 4. The van der Waals surface area contributed by atoms with E-state index in [0.717, 1.165) is 0 Å². The Morgan fingerprint density at radius 3 is 2.52 bits per heavy atom. The molecule has 7 heteroatoms. The smallest absolute Gasteiger partial charge is 0.215 e. The van der Waals surface area contributed by atoms with Gasteiger partial charge in [0.25, 0.3) is 0 Å². The van der Waals surface area contributed by atoms with E-state index in [1.807, 2.05) is 18.2 Å². The molecule has 1 atom stereocenters. The van der Waals surface area contributed by atoms with Crippen molar-refractivity contribution in [1.29, 1.82) is 0 Å². The van der Waals surface area contributed by atoms with Crippen LogP contribution in [0.2, 0.25) is 5.02 Å². The molecule has 23 heavy (non-hydrogen) atoms. The van der Waals surface area contributed by atoms with Gasteiger partial charge in [-0.3, -0.25) is 0 Å². The first kappa shape index (κ1) is 16.1. The lowest BCUT2D eigenvalue weighted by molar-refractivity contribution is 0.0943. The number of halogens is 1. The molecular weight excluding hydrogens is 338 g/mol. The van der Waals surface area contributed by atoms with Gasteiger partial charge >= 0.3 is 0 Å². The molecule has 0 spiro atoms. The molecule has 0 saturated heterocycles. The SMILES string of the molecule is O=S(=O)(Cc1ccc(Cl)cc1)NC[C@@H]1COc2ccccc2O1. The Balaban J connectivity index is 1.56. The van der Waals surface area contributed by atoms with Crippen LogP contribution in [0.3, 0.4) is 0 Å². The van der Waals surface area contributed by atoms with E-state index in [2.05, 4.69) is 4.72 Å². The Bertz CT molecular complexity index is 777. The molecule has 0 aromatic heterocycles. The molecule has 0 saturated carbocycles. The molecular formula is C16H16ClNO4S. The molecule has 2 aromatic carbocycles. The average Bonchev–Trinajstić information content (AvgIpc) is 2.55. The second kappa shape index (κ2) is 6.78. The molecule has 0 fully saturated rings. The maximum atomic E-state index is 12.1. The fourth-order valence-corrected chi connectivity index (χ4v) is 3.53. The van der Waals surface area contributed by atoms with Crippen molar-refractivity contribution in [2.75, 3.05) is 13.2 Å². The van der Waals surface area contributed by atoms with Crippen molar-refractivity contribution in [2.24, 2.45) is 0 Å². The van der Waals surface area contributed by atoms with Crippen LogP contribution in [0.4, 0.5) is 0 Å². The molecule has 1 aliphatic heterocycles. The summed E-state index contributed by atoms with van der Waals surface area (Å²) in [6, 6.07) is 14.0. The third-order valence-corrected chi connectivity index (χ3v) is 4.94. The van der Waals surface area contributed by atoms with E-state index < -0.39 is 10.0 Å². The van der Waals surface area contributed by atoms with E-state index in [-0.39, 0.29) is 18.4 Å². The zero-order valence-corrected chi connectivity index (χ0v) is 13.8. The number of rotatable bonds is 5. The highest BCUT2D eigenvalue weighted by molar-refractivity contribution is 7.88. The fourth-order valence-electron chi connectivity index (χ4n) is 2.23. The molecule has 1 N–H and O–H groups in total. The number of sulfonamides is 1. The minimum absolute atomic E-state index is 0.103. The Morgan fingerprint density at radius 1 is 1.09 bits per heavy atom. The molecule has 1 heterocycles. The summed E-state index contributed by atoms with van der Waals surface area (Å²) < 4.78 is 38.1. The molecule has 3 rings (SSSR count). The highest BCUT2D eigenvalue weighted by Crippen LogP contribution is 2.30. The number of ether oxygens (including phenoxy) is 2. The fraction of sp³-hybridized carbons (Fsp3) is 0.250. The Hall–Kier alpha value is -1.76. The molecule has 0 bridgehead atoms. The van der Waals surface area contributed by atoms with Crippen molar-refractivity contribution in [2.45, 2.75) is 11.9 Å². The molecule has 2 aromatic rings. The van der Waals surface area contributed by atoms with Crippen LogP contribution in [0.5, 0.6) is 11.5 Å². The third-order valence-electron chi connectivity index (χ3n) is 3.37. The predicted octanol–water partition coefficient (Wildman–Crippen LogP) is 2.60. The summed E-state index contributed by atoms with van der Waals surface area (Å²) in [4.78, 5) is 0. The summed E-state index contributed by atoms with van der Waals surface area (Å²) in [5.74, 6) is 1.20. The van der Waals surface area contributed by atoms with E-state index in [4.69, 9.17) is 21.1 Å². The van der Waals surface area contributed by atoms with Gasteiger partial charge in [-0.1, -0.05) is 35.9 Å². The standard InChI is InChI=1S/C16H16ClNO4S/c17-13-7-5-12(6-8-13)11-23(19,20)18-9-14-10-21-15-3-1-2-4-16(15)22-14/h1-8,14,18H,9-11H2/t14-/m1/s1. The van der Waals surface area contributed by atoms with Gasteiger partial charge < -0.3 is 9.47 Å². The van der Waals surface area contributed by atoms with Gasteiger partial charge in [0.05, 0.1) is 12.3 Å². The number of fused-ring (bicyclic) bond motifs is 1. The summed E-state index contributed by atoms with van der Waals surface area (Å²) >= 11 is 5.79. The summed E-state index contributed by atoms with van der Waals surface area (Å²) in [6.07, 6.45) is -0.357. The van der Waals surface area contributed by atoms with Gasteiger partial charge in [-0.2, -0.15) is 0 Å². The highest BCUT2D eigenvalue weighted by Gasteiger charge is 2.22. The Morgan fingerprint density at radius 2 is 1.78 bits per heavy atom. The van der Waals surface area contributed by atoms with Crippen LogP contribution >= 0.6 is 11.6 Å². The van der Waals surface area contributed by atoms with Crippen molar-refractivity contribution in [3.63, 3.8) is 0 Å². The van der Waals surface area contributed by atoms with E-state index in [1.54, 1.807) is 30.3 Å². The summed E-state index contributed by atoms with van der Waals surface area (Å²) in [5.41, 5.74) is 0.674. The number of benzene rings is 2. The van der Waals surface area contributed by atoms with Crippen molar-refractivity contribution < 1.29 is 17.9 Å². The molecule has 5 nitrogen and oxygen atoms in total. The molecule has 0 aliphatic carbocycles. The first-order valence-corrected chi connectivity index (χ1v) is 9.15. The van der Waals surface area contributed by atoms with Crippen molar-refractivity contribution in [3.8, 4) is 11.5 Å². The Kier molecular flexibility index (Phi) is 4.75. The van der Waals surface area contributed by atoms with Gasteiger partial charge in [-0.15, -0.1) is 0 Å². The van der Waals surface area contributed by atoms with Crippen LogP contribution in [0.25, 0.3) is 0 Å². The van der Waals surface area contributed by atoms with Gasteiger partial charge in [-0.05, 0) is 29.8 Å². The van der Waals surface area contributed by atoms with Gasteiger partial charge in [0.1, 0.15) is 12.7 Å². The lowest BCUT2D eigenvalue weighted by atomic mass is 10.2. The second-order valence-electron chi connectivity index (χ2n) is 5.23. The number of para-hydroxylation sites is 2. The lowest BCUT2D eigenvalue weighted by Gasteiger charge is -2.26. The van der Waals surface area contributed by atoms with E-state index >= 15 is 0 Å². The van der Waals surface area contributed by atoms with Gasteiger partial charge in [-0.25, -0.2) is 13.1 Å². The average molecular weight is 354 g/mol. The first-order valence-electron chi connectivity index (χ1n) is 7.12. The largest absolute Gasteiger partial charge is 0.486 e.